The molecule has 0 spiro atoms. The lowest BCUT2D eigenvalue weighted by molar-refractivity contribution is -0.137. The fourth-order valence-electron chi connectivity index (χ4n) is 2.27. The molecule has 0 fully saturated rings. The van der Waals surface area contributed by atoms with E-state index in [1.807, 2.05) is 6.92 Å². The normalized spacial score (nSPS) is 12.0. The van der Waals surface area contributed by atoms with Crippen molar-refractivity contribution in [1.29, 1.82) is 0 Å². The predicted octanol–water partition coefficient (Wildman–Crippen LogP) is 4.98. The second-order valence-corrected chi connectivity index (χ2v) is 5.09. The number of benzene rings is 1. The quantitative estimate of drug-likeness (QED) is 0.619. The van der Waals surface area contributed by atoms with Crippen molar-refractivity contribution in [1.82, 2.24) is 9.38 Å². The van der Waals surface area contributed by atoms with Crippen LogP contribution in [0.3, 0.4) is 0 Å². The van der Waals surface area contributed by atoms with Crippen molar-refractivity contribution in [2.45, 2.75) is 13.1 Å². The number of hydrogen-bond acceptors (Lipinski definition) is 1. The Labute approximate surface area is 123 Å². The molecule has 0 radical (unpaired) electrons. The number of aryl methyl sites for hydroxylation is 1. The second kappa shape index (κ2) is 4.77. The van der Waals surface area contributed by atoms with Crippen molar-refractivity contribution < 1.29 is 13.2 Å². The molecule has 0 bridgehead atoms. The van der Waals surface area contributed by atoms with Crippen LogP contribution in [0.15, 0.2) is 42.6 Å². The first-order chi connectivity index (χ1) is 9.88. The lowest BCUT2D eigenvalue weighted by atomic mass is 10.1. The number of fused-ring (bicyclic) bond motifs is 1. The first kappa shape index (κ1) is 13.9. The predicted molar refractivity (Wildman–Crippen MR) is 75.4 cm³/mol. The molecule has 0 aliphatic heterocycles. The van der Waals surface area contributed by atoms with Crippen LogP contribution in [0.2, 0.25) is 5.15 Å². The Morgan fingerprint density at radius 2 is 1.86 bits per heavy atom. The number of halogens is 4. The third-order valence-electron chi connectivity index (χ3n) is 3.23. The van der Waals surface area contributed by atoms with Gasteiger partial charge >= 0.3 is 6.18 Å². The van der Waals surface area contributed by atoms with Gasteiger partial charge in [0.15, 0.2) is 5.15 Å². The number of nitrogens with zero attached hydrogens (tertiary/aromatic N) is 2. The molecule has 2 aromatic heterocycles. The summed E-state index contributed by atoms with van der Waals surface area (Å²) >= 11 is 6.05. The minimum absolute atomic E-state index is 0.00996. The summed E-state index contributed by atoms with van der Waals surface area (Å²) in [5, 5.41) is 0.186. The molecular weight excluding hydrogens is 301 g/mol. The standard InChI is InChI=1S/C15H10ClF3N2/c1-9-6-7-21-12(8-9)13(16)20-14(21)10-4-2-3-5-11(10)15(17,18)19/h2-8H,1H3. The van der Waals surface area contributed by atoms with Crippen LogP contribution in [-0.2, 0) is 6.18 Å². The molecule has 3 aromatic rings. The lowest BCUT2D eigenvalue weighted by Gasteiger charge is -2.11. The van der Waals surface area contributed by atoms with Gasteiger partial charge in [0.1, 0.15) is 5.82 Å². The molecule has 0 unspecified atom stereocenters. The third kappa shape index (κ3) is 2.38. The molecule has 2 heterocycles. The van der Waals surface area contributed by atoms with Gasteiger partial charge in [-0.25, -0.2) is 4.98 Å². The van der Waals surface area contributed by atoms with Gasteiger partial charge in [-0.2, -0.15) is 13.2 Å². The molecular formula is C15H10ClF3N2. The van der Waals surface area contributed by atoms with E-state index in [0.29, 0.717) is 5.52 Å². The lowest BCUT2D eigenvalue weighted by Crippen LogP contribution is -2.08. The van der Waals surface area contributed by atoms with Gasteiger partial charge in [0.05, 0.1) is 11.1 Å². The topological polar surface area (TPSA) is 17.3 Å². The molecule has 2 nitrogen and oxygen atoms in total. The first-order valence-electron chi connectivity index (χ1n) is 6.19. The molecule has 0 aliphatic rings. The highest BCUT2D eigenvalue weighted by Crippen LogP contribution is 2.37. The number of hydrogen-bond donors (Lipinski definition) is 0. The largest absolute Gasteiger partial charge is 0.417 e. The Morgan fingerprint density at radius 1 is 1.14 bits per heavy atom. The number of pyridine rings is 1. The van der Waals surface area contributed by atoms with Crippen LogP contribution in [-0.4, -0.2) is 9.38 Å². The van der Waals surface area contributed by atoms with E-state index in [0.717, 1.165) is 11.6 Å². The van der Waals surface area contributed by atoms with E-state index >= 15 is 0 Å². The molecule has 0 N–H and O–H groups in total. The number of imidazole rings is 1. The van der Waals surface area contributed by atoms with Gasteiger partial charge in [-0.3, -0.25) is 4.40 Å². The van der Waals surface area contributed by atoms with E-state index in [1.54, 1.807) is 28.8 Å². The highest BCUT2D eigenvalue weighted by atomic mass is 35.5. The summed E-state index contributed by atoms with van der Waals surface area (Å²) in [7, 11) is 0. The smallest absolute Gasteiger partial charge is 0.298 e. The van der Waals surface area contributed by atoms with E-state index in [4.69, 9.17) is 11.6 Å². The van der Waals surface area contributed by atoms with Gasteiger partial charge in [0, 0.05) is 11.8 Å². The highest BCUT2D eigenvalue weighted by Gasteiger charge is 2.34. The summed E-state index contributed by atoms with van der Waals surface area (Å²) in [6.45, 7) is 1.88. The average molecular weight is 311 g/mol. The van der Waals surface area contributed by atoms with Crippen LogP contribution in [0.25, 0.3) is 16.9 Å². The zero-order chi connectivity index (χ0) is 15.2. The van der Waals surface area contributed by atoms with Crippen molar-refractivity contribution in [3.63, 3.8) is 0 Å². The van der Waals surface area contributed by atoms with Crippen molar-refractivity contribution >= 4 is 17.1 Å². The fourth-order valence-corrected chi connectivity index (χ4v) is 2.49. The molecule has 6 heteroatoms. The van der Waals surface area contributed by atoms with Crippen molar-refractivity contribution in [2.24, 2.45) is 0 Å². The van der Waals surface area contributed by atoms with Crippen LogP contribution in [0.4, 0.5) is 13.2 Å². The van der Waals surface area contributed by atoms with E-state index in [-0.39, 0.29) is 16.5 Å². The van der Waals surface area contributed by atoms with E-state index in [9.17, 15) is 13.2 Å². The van der Waals surface area contributed by atoms with Crippen LogP contribution < -0.4 is 0 Å². The summed E-state index contributed by atoms with van der Waals surface area (Å²) < 4.78 is 41.0. The third-order valence-corrected chi connectivity index (χ3v) is 3.51. The van der Waals surface area contributed by atoms with Crippen molar-refractivity contribution in [3.05, 3.63) is 58.9 Å². The van der Waals surface area contributed by atoms with E-state index < -0.39 is 11.7 Å². The summed E-state index contributed by atoms with van der Waals surface area (Å²) in [6.07, 6.45) is -2.77. The molecule has 0 saturated heterocycles. The highest BCUT2D eigenvalue weighted by molar-refractivity contribution is 6.32. The monoisotopic (exact) mass is 310 g/mol. The second-order valence-electron chi connectivity index (χ2n) is 4.73. The number of aromatic nitrogens is 2. The molecule has 21 heavy (non-hydrogen) atoms. The zero-order valence-corrected chi connectivity index (χ0v) is 11.7. The molecule has 3 rings (SSSR count). The number of rotatable bonds is 1. The average Bonchev–Trinajstić information content (AvgIpc) is 2.75. The molecule has 108 valence electrons. The Kier molecular flexibility index (Phi) is 3.17. The Balaban J connectivity index is 2.32. The van der Waals surface area contributed by atoms with Crippen LogP contribution in [0.5, 0.6) is 0 Å². The van der Waals surface area contributed by atoms with E-state index in [1.165, 1.54) is 12.1 Å². The van der Waals surface area contributed by atoms with Crippen LogP contribution in [0, 0.1) is 6.92 Å². The molecule has 0 saturated carbocycles. The number of alkyl halides is 3. The van der Waals surface area contributed by atoms with Gasteiger partial charge in [0.2, 0.25) is 0 Å². The zero-order valence-electron chi connectivity index (χ0n) is 10.9. The summed E-state index contributed by atoms with van der Waals surface area (Å²) in [5.74, 6) is 0.183. The van der Waals surface area contributed by atoms with Gasteiger partial charge in [0.25, 0.3) is 0 Å². The summed E-state index contributed by atoms with van der Waals surface area (Å²) in [6, 6.07) is 8.92. The summed E-state index contributed by atoms with van der Waals surface area (Å²) in [5.41, 5.74) is 0.827. The Bertz CT molecular complexity index is 821. The van der Waals surface area contributed by atoms with Gasteiger partial charge in [-0.05, 0) is 30.7 Å². The van der Waals surface area contributed by atoms with Crippen molar-refractivity contribution in [3.8, 4) is 11.4 Å². The van der Waals surface area contributed by atoms with Gasteiger partial charge in [-0.15, -0.1) is 0 Å². The minimum Gasteiger partial charge on any atom is -0.298 e. The first-order valence-corrected chi connectivity index (χ1v) is 6.56. The minimum atomic E-state index is -4.44. The van der Waals surface area contributed by atoms with Gasteiger partial charge in [-0.1, -0.05) is 29.8 Å². The molecule has 0 amide bonds. The summed E-state index contributed by atoms with van der Waals surface area (Å²) in [4.78, 5) is 4.10. The van der Waals surface area contributed by atoms with Crippen LogP contribution in [0.1, 0.15) is 11.1 Å². The maximum atomic E-state index is 13.1. The molecule has 1 aromatic carbocycles. The maximum Gasteiger partial charge on any atom is 0.417 e. The molecule has 0 atom stereocenters. The fraction of sp³-hybridized carbons (Fsp3) is 0.133. The van der Waals surface area contributed by atoms with Crippen LogP contribution >= 0.6 is 11.6 Å². The van der Waals surface area contributed by atoms with Gasteiger partial charge < -0.3 is 0 Å². The Hall–Kier alpha value is -2.01. The molecule has 0 aliphatic carbocycles. The van der Waals surface area contributed by atoms with E-state index in [2.05, 4.69) is 4.98 Å². The van der Waals surface area contributed by atoms with Crippen molar-refractivity contribution in [2.75, 3.05) is 0 Å². The Morgan fingerprint density at radius 3 is 2.57 bits per heavy atom. The maximum absolute atomic E-state index is 13.1. The SMILES string of the molecule is Cc1ccn2c(-c3ccccc3C(F)(F)F)nc(Cl)c2c1.